The Morgan fingerprint density at radius 3 is 1.90 bits per heavy atom. The van der Waals surface area contributed by atoms with E-state index in [0.717, 1.165) is 12.2 Å². The fourth-order valence-corrected chi connectivity index (χ4v) is 2.62. The molecule has 0 amide bonds. The Hall–Kier alpha value is -3.74. The second kappa shape index (κ2) is 12.0. The summed E-state index contributed by atoms with van der Waals surface area (Å²) in [5.74, 6) is -3.52. The maximum absolute atomic E-state index is 12.7. The van der Waals surface area contributed by atoms with Crippen molar-refractivity contribution in [2.75, 3.05) is 13.7 Å². The molecule has 0 fully saturated rings. The van der Waals surface area contributed by atoms with Gasteiger partial charge in [0.1, 0.15) is 5.92 Å². The van der Waals surface area contributed by atoms with Crippen molar-refractivity contribution in [3.05, 3.63) is 83.9 Å². The average Bonchev–Trinajstić information content (AvgIpc) is 2.76. The van der Waals surface area contributed by atoms with Gasteiger partial charge in [0.25, 0.3) is 0 Å². The van der Waals surface area contributed by atoms with Crippen LogP contribution >= 0.6 is 0 Å². The lowest BCUT2D eigenvalue weighted by Gasteiger charge is -2.16. The van der Waals surface area contributed by atoms with Crippen LogP contribution in [0.3, 0.4) is 0 Å². The van der Waals surface area contributed by atoms with Crippen molar-refractivity contribution in [2.24, 2.45) is 0 Å². The van der Waals surface area contributed by atoms with E-state index in [1.54, 1.807) is 24.3 Å². The number of esters is 4. The van der Waals surface area contributed by atoms with E-state index in [-0.39, 0.29) is 19.4 Å². The van der Waals surface area contributed by atoms with E-state index < -0.39 is 29.8 Å². The molecule has 0 heterocycles. The third kappa shape index (κ3) is 7.35. The smallest absolute Gasteiger partial charge is 0.331 e. The van der Waals surface area contributed by atoms with Crippen LogP contribution in [0, 0.1) is 0 Å². The summed E-state index contributed by atoms with van der Waals surface area (Å²) in [6.45, 7) is -0.0611. The molecule has 156 valence electrons. The predicted octanol–water partition coefficient (Wildman–Crippen LogP) is 2.94. The molecule has 30 heavy (non-hydrogen) atoms. The van der Waals surface area contributed by atoms with Crippen molar-refractivity contribution < 1.29 is 33.4 Å². The van der Waals surface area contributed by atoms with Crippen LogP contribution in [0.5, 0.6) is 0 Å². The number of carbonyl (C=O) groups excluding carboxylic acids is 4. The van der Waals surface area contributed by atoms with E-state index >= 15 is 0 Å². The summed E-state index contributed by atoms with van der Waals surface area (Å²) in [6, 6.07) is 18.1. The summed E-state index contributed by atoms with van der Waals surface area (Å²) in [6.07, 6.45) is 1.93. The lowest BCUT2D eigenvalue weighted by Crippen LogP contribution is -2.21. The van der Waals surface area contributed by atoms with Crippen molar-refractivity contribution in [1.82, 2.24) is 0 Å². The van der Waals surface area contributed by atoms with Crippen LogP contribution in [0.25, 0.3) is 0 Å². The largest absolute Gasteiger partial charge is 0.466 e. The van der Waals surface area contributed by atoms with Crippen molar-refractivity contribution in [3.63, 3.8) is 0 Å². The first-order chi connectivity index (χ1) is 14.5. The Morgan fingerprint density at radius 1 is 0.833 bits per heavy atom. The molecule has 0 aliphatic heterocycles. The highest BCUT2D eigenvalue weighted by molar-refractivity contribution is 5.92. The Bertz CT molecular complexity index is 849. The predicted molar refractivity (Wildman–Crippen MR) is 107 cm³/mol. The minimum Gasteiger partial charge on any atom is -0.466 e. The monoisotopic (exact) mass is 410 g/mol. The maximum Gasteiger partial charge on any atom is 0.331 e. The van der Waals surface area contributed by atoms with E-state index in [9.17, 15) is 19.2 Å². The van der Waals surface area contributed by atoms with Gasteiger partial charge in [0.15, 0.2) is 0 Å². The summed E-state index contributed by atoms with van der Waals surface area (Å²) in [7, 11) is 1.19. The van der Waals surface area contributed by atoms with Crippen molar-refractivity contribution in [1.29, 1.82) is 0 Å². The van der Waals surface area contributed by atoms with Gasteiger partial charge in [-0.15, -0.1) is 0 Å². The highest BCUT2D eigenvalue weighted by Gasteiger charge is 2.26. The third-order valence-electron chi connectivity index (χ3n) is 4.04. The number of benzene rings is 2. The van der Waals surface area contributed by atoms with Crippen molar-refractivity contribution in [3.8, 4) is 0 Å². The molecule has 0 atom stereocenters. The van der Waals surface area contributed by atoms with Gasteiger partial charge in [-0.3, -0.25) is 9.59 Å². The first-order valence-corrected chi connectivity index (χ1v) is 9.28. The van der Waals surface area contributed by atoms with Gasteiger partial charge in [-0.25, -0.2) is 9.59 Å². The van der Waals surface area contributed by atoms with Gasteiger partial charge in [-0.2, -0.15) is 0 Å². The van der Waals surface area contributed by atoms with Crippen molar-refractivity contribution in [2.45, 2.75) is 18.8 Å². The summed E-state index contributed by atoms with van der Waals surface area (Å²) in [5, 5.41) is 0. The number of hydrogen-bond acceptors (Lipinski definition) is 7. The molecule has 0 saturated carbocycles. The van der Waals surface area contributed by atoms with Gasteiger partial charge in [0.05, 0.1) is 13.7 Å². The number of hydrogen-bond donors (Lipinski definition) is 0. The summed E-state index contributed by atoms with van der Waals surface area (Å²) >= 11 is 0. The molecule has 0 aromatic heterocycles. The molecular weight excluding hydrogens is 388 g/mol. The summed E-state index contributed by atoms with van der Waals surface area (Å²) < 4.78 is 14.2. The fourth-order valence-electron chi connectivity index (χ4n) is 2.62. The average molecular weight is 410 g/mol. The molecule has 0 N–H and O–H groups in total. The van der Waals surface area contributed by atoms with Crippen LogP contribution in [0.2, 0.25) is 0 Å². The van der Waals surface area contributed by atoms with Crippen LogP contribution in [-0.2, 0) is 33.4 Å². The van der Waals surface area contributed by atoms with Gasteiger partial charge < -0.3 is 14.2 Å². The van der Waals surface area contributed by atoms with E-state index in [1.165, 1.54) is 7.11 Å². The van der Waals surface area contributed by atoms with Crippen LogP contribution in [0.4, 0.5) is 0 Å². The Labute approximate surface area is 174 Å². The zero-order chi connectivity index (χ0) is 21.8. The minimum atomic E-state index is -0.738. The van der Waals surface area contributed by atoms with Crippen LogP contribution in [0.15, 0.2) is 72.8 Å². The van der Waals surface area contributed by atoms with Gasteiger partial charge in [0.2, 0.25) is 0 Å². The Morgan fingerprint density at radius 2 is 1.37 bits per heavy atom. The molecule has 0 bridgehead atoms. The maximum atomic E-state index is 12.7. The lowest BCUT2D eigenvalue weighted by atomic mass is 9.91. The third-order valence-corrected chi connectivity index (χ3v) is 4.04. The Kier molecular flexibility index (Phi) is 8.99. The van der Waals surface area contributed by atoms with Crippen LogP contribution < -0.4 is 0 Å². The number of methoxy groups -OCH3 is 1. The molecule has 0 saturated heterocycles. The van der Waals surface area contributed by atoms with E-state index in [1.807, 2.05) is 36.4 Å². The lowest BCUT2D eigenvalue weighted by molar-refractivity contribution is -0.160. The fraction of sp³-hybridized carbons (Fsp3) is 0.217. The topological polar surface area (TPSA) is 96.0 Å². The standard InChI is InChI=1S/C23H22O7/c1-28-19(24)14-15-20(25)29-16-8-13-21(26)30-23(27)22(17-9-4-2-5-10-17)18-11-6-3-7-12-18/h2-7,9-12,14-15,22H,8,13,16H2,1H3/b15-14+. The van der Waals surface area contributed by atoms with Gasteiger partial charge in [0, 0.05) is 18.6 Å². The molecule has 2 aromatic rings. The first-order valence-electron chi connectivity index (χ1n) is 9.28. The van der Waals surface area contributed by atoms with Crippen LogP contribution in [-0.4, -0.2) is 37.6 Å². The SMILES string of the molecule is COC(=O)/C=C/C(=O)OCCCC(=O)OC(=O)C(c1ccccc1)c1ccccc1. The number of ether oxygens (including phenoxy) is 3. The van der Waals surface area contributed by atoms with Gasteiger partial charge in [-0.1, -0.05) is 60.7 Å². The van der Waals surface area contributed by atoms with Crippen molar-refractivity contribution >= 4 is 23.9 Å². The normalized spacial score (nSPS) is 10.6. The Balaban J connectivity index is 1.87. The zero-order valence-electron chi connectivity index (χ0n) is 16.5. The van der Waals surface area contributed by atoms with E-state index in [4.69, 9.17) is 9.47 Å². The highest BCUT2D eigenvalue weighted by atomic mass is 16.6. The zero-order valence-corrected chi connectivity index (χ0v) is 16.5. The molecule has 0 spiro atoms. The molecule has 2 aromatic carbocycles. The summed E-state index contributed by atoms with van der Waals surface area (Å²) in [4.78, 5) is 47.0. The molecule has 7 heteroatoms. The minimum absolute atomic E-state index is 0.0611. The molecular formula is C23H22O7. The highest BCUT2D eigenvalue weighted by Crippen LogP contribution is 2.26. The molecule has 2 rings (SSSR count). The van der Waals surface area contributed by atoms with E-state index in [0.29, 0.717) is 11.1 Å². The van der Waals surface area contributed by atoms with Gasteiger partial charge in [-0.05, 0) is 17.5 Å². The second-order valence-corrected chi connectivity index (χ2v) is 6.18. The van der Waals surface area contributed by atoms with Crippen LogP contribution in [0.1, 0.15) is 29.9 Å². The van der Waals surface area contributed by atoms with E-state index in [2.05, 4.69) is 4.74 Å². The quantitative estimate of drug-likeness (QED) is 0.206. The molecule has 0 aliphatic carbocycles. The molecule has 7 nitrogen and oxygen atoms in total. The molecule has 0 unspecified atom stereocenters. The first kappa shape index (κ1) is 22.5. The summed E-state index contributed by atoms with van der Waals surface area (Å²) in [5.41, 5.74) is 1.43. The van der Waals surface area contributed by atoms with Gasteiger partial charge >= 0.3 is 23.9 Å². The number of rotatable bonds is 9. The molecule has 0 radical (unpaired) electrons. The molecule has 0 aliphatic rings. The second-order valence-electron chi connectivity index (χ2n) is 6.18. The number of carbonyl (C=O) groups is 4.